The number of aromatic nitrogens is 1. The van der Waals surface area contributed by atoms with Crippen molar-refractivity contribution in [2.24, 2.45) is 10.3 Å². The molecule has 0 spiro atoms. The lowest BCUT2D eigenvalue weighted by Crippen LogP contribution is -2.08. The van der Waals surface area contributed by atoms with Gasteiger partial charge in [0.25, 0.3) is 0 Å². The second kappa shape index (κ2) is 9.34. The molecule has 150 valence electrons. The van der Waals surface area contributed by atoms with Gasteiger partial charge < -0.3 is 9.68 Å². The summed E-state index contributed by atoms with van der Waals surface area (Å²) in [6.45, 7) is 7.78. The lowest BCUT2D eigenvalue weighted by molar-refractivity contribution is -0.137. The van der Waals surface area contributed by atoms with Crippen LogP contribution in [0.25, 0.3) is 0 Å². The van der Waals surface area contributed by atoms with Crippen LogP contribution in [0.2, 0.25) is 0 Å². The van der Waals surface area contributed by atoms with Crippen LogP contribution in [0.15, 0.2) is 47.0 Å². The molecule has 0 bridgehead atoms. The van der Waals surface area contributed by atoms with Gasteiger partial charge in [0.2, 0.25) is 0 Å². The average Bonchev–Trinajstić information content (AvgIpc) is 2.66. The van der Waals surface area contributed by atoms with Gasteiger partial charge in [0.05, 0.1) is 17.0 Å². The molecule has 0 unspecified atom stereocenters. The van der Waals surface area contributed by atoms with E-state index in [4.69, 9.17) is 9.68 Å². The maximum absolute atomic E-state index is 12.8. The molecule has 28 heavy (non-hydrogen) atoms. The van der Waals surface area contributed by atoms with Gasteiger partial charge in [0, 0.05) is 29.1 Å². The van der Waals surface area contributed by atoms with E-state index < -0.39 is 11.7 Å². The predicted octanol–water partition coefficient (Wildman–Crippen LogP) is 5.11. The lowest BCUT2D eigenvalue weighted by Gasteiger charge is -2.12. The van der Waals surface area contributed by atoms with Gasteiger partial charge in [-0.3, -0.25) is 4.98 Å². The van der Waals surface area contributed by atoms with Gasteiger partial charge in [-0.2, -0.15) is 13.2 Å². The first-order valence-electron chi connectivity index (χ1n) is 8.68. The van der Waals surface area contributed by atoms with Gasteiger partial charge >= 0.3 is 6.18 Å². The Hall–Kier alpha value is -2.90. The fourth-order valence-corrected chi connectivity index (χ4v) is 2.48. The standard InChI is InChI=1S/C20H22F3N3O2/c1-5-27-26-15(4)18-8-6-7-13(2)19(18)12-28-25-14(3)16-9-17(11-24-10-16)20(21,22)23/h6-11H,5,12H2,1-4H3/b25-14+,26-15-. The summed E-state index contributed by atoms with van der Waals surface area (Å²) in [5.74, 6) is 0. The van der Waals surface area contributed by atoms with Crippen molar-refractivity contribution in [1.29, 1.82) is 0 Å². The molecule has 2 rings (SSSR count). The Morgan fingerprint density at radius 1 is 1.07 bits per heavy atom. The molecule has 1 aromatic carbocycles. The number of aryl methyl sites for hydroxylation is 1. The summed E-state index contributed by atoms with van der Waals surface area (Å²) in [7, 11) is 0. The zero-order valence-corrected chi connectivity index (χ0v) is 16.2. The van der Waals surface area contributed by atoms with Crippen LogP contribution in [0.1, 0.15) is 48.6 Å². The van der Waals surface area contributed by atoms with Crippen molar-refractivity contribution < 1.29 is 22.8 Å². The molecule has 0 fully saturated rings. The van der Waals surface area contributed by atoms with E-state index in [2.05, 4.69) is 15.3 Å². The molecular weight excluding hydrogens is 371 g/mol. The van der Waals surface area contributed by atoms with Crippen molar-refractivity contribution in [3.63, 3.8) is 0 Å². The molecule has 0 atom stereocenters. The van der Waals surface area contributed by atoms with Gasteiger partial charge in [-0.1, -0.05) is 28.5 Å². The van der Waals surface area contributed by atoms with Crippen molar-refractivity contribution >= 4 is 11.4 Å². The second-order valence-corrected chi connectivity index (χ2v) is 6.11. The minimum atomic E-state index is -4.46. The van der Waals surface area contributed by atoms with Crippen molar-refractivity contribution in [3.8, 4) is 0 Å². The third-order valence-corrected chi connectivity index (χ3v) is 4.02. The smallest absolute Gasteiger partial charge is 0.396 e. The van der Waals surface area contributed by atoms with Gasteiger partial charge in [-0.05, 0) is 39.3 Å². The maximum atomic E-state index is 12.8. The monoisotopic (exact) mass is 393 g/mol. The highest BCUT2D eigenvalue weighted by atomic mass is 19.4. The normalized spacial score (nSPS) is 12.8. The summed E-state index contributed by atoms with van der Waals surface area (Å²) in [5, 5.41) is 8.00. The minimum Gasteiger partial charge on any atom is -0.396 e. The summed E-state index contributed by atoms with van der Waals surface area (Å²) in [6, 6.07) is 6.73. The Morgan fingerprint density at radius 2 is 1.79 bits per heavy atom. The Morgan fingerprint density at radius 3 is 2.46 bits per heavy atom. The SMILES string of the molecule is CCO/N=C(/C)c1cccc(C)c1CO/N=C(\C)c1cncc(C(F)(F)F)c1. The summed E-state index contributed by atoms with van der Waals surface area (Å²) in [6.07, 6.45) is -2.37. The minimum absolute atomic E-state index is 0.144. The highest BCUT2D eigenvalue weighted by Crippen LogP contribution is 2.29. The molecule has 0 saturated heterocycles. The molecule has 0 amide bonds. The molecule has 5 nitrogen and oxygen atoms in total. The number of nitrogens with zero attached hydrogens (tertiary/aromatic N) is 3. The highest BCUT2D eigenvalue weighted by molar-refractivity contribution is 6.00. The number of pyridine rings is 1. The van der Waals surface area contributed by atoms with E-state index in [9.17, 15) is 13.2 Å². The summed E-state index contributed by atoms with van der Waals surface area (Å²) < 4.78 is 38.5. The Kier molecular flexibility index (Phi) is 7.14. The third-order valence-electron chi connectivity index (χ3n) is 4.02. The van der Waals surface area contributed by atoms with E-state index in [1.807, 2.05) is 39.0 Å². The third kappa shape index (κ3) is 5.55. The predicted molar refractivity (Wildman–Crippen MR) is 101 cm³/mol. The first-order valence-corrected chi connectivity index (χ1v) is 8.68. The number of halogens is 3. The molecular formula is C20H22F3N3O2. The molecule has 1 heterocycles. The van der Waals surface area contributed by atoms with Crippen molar-refractivity contribution in [2.75, 3.05) is 6.61 Å². The van der Waals surface area contributed by atoms with Crippen LogP contribution >= 0.6 is 0 Å². The maximum Gasteiger partial charge on any atom is 0.417 e. The molecule has 0 aliphatic carbocycles. The van der Waals surface area contributed by atoms with E-state index in [1.54, 1.807) is 6.92 Å². The van der Waals surface area contributed by atoms with Crippen LogP contribution < -0.4 is 0 Å². The molecule has 0 N–H and O–H groups in total. The van der Waals surface area contributed by atoms with Crippen molar-refractivity contribution in [2.45, 2.75) is 40.5 Å². The summed E-state index contributed by atoms with van der Waals surface area (Å²) >= 11 is 0. The van der Waals surface area contributed by atoms with E-state index in [1.165, 1.54) is 6.20 Å². The van der Waals surface area contributed by atoms with E-state index in [0.717, 1.165) is 29.0 Å². The van der Waals surface area contributed by atoms with Crippen LogP contribution in [0.4, 0.5) is 13.2 Å². The zero-order chi connectivity index (χ0) is 20.7. The number of alkyl halides is 3. The largest absolute Gasteiger partial charge is 0.417 e. The van der Waals surface area contributed by atoms with Crippen LogP contribution in [-0.4, -0.2) is 23.0 Å². The number of rotatable bonds is 7. The van der Waals surface area contributed by atoms with Crippen LogP contribution in [0.3, 0.4) is 0 Å². The molecule has 0 radical (unpaired) electrons. The number of oxime groups is 2. The molecule has 8 heteroatoms. The van der Waals surface area contributed by atoms with Crippen LogP contribution in [0, 0.1) is 6.92 Å². The highest BCUT2D eigenvalue weighted by Gasteiger charge is 2.31. The van der Waals surface area contributed by atoms with Crippen LogP contribution in [0.5, 0.6) is 0 Å². The molecule has 0 aliphatic rings. The number of hydrogen-bond acceptors (Lipinski definition) is 5. The first-order chi connectivity index (χ1) is 13.2. The molecule has 0 saturated carbocycles. The van der Waals surface area contributed by atoms with Gasteiger partial charge in [0.1, 0.15) is 13.2 Å². The first kappa shape index (κ1) is 21.4. The van der Waals surface area contributed by atoms with E-state index in [-0.39, 0.29) is 12.2 Å². The molecule has 0 aliphatic heterocycles. The molecule has 1 aromatic heterocycles. The van der Waals surface area contributed by atoms with E-state index in [0.29, 0.717) is 18.0 Å². The number of hydrogen-bond donors (Lipinski definition) is 0. The summed E-state index contributed by atoms with van der Waals surface area (Å²) in [5.41, 5.74) is 3.14. The van der Waals surface area contributed by atoms with Crippen LogP contribution in [-0.2, 0) is 22.5 Å². The Bertz CT molecular complexity index is 877. The Labute approximate surface area is 161 Å². The fraction of sp³-hybridized carbons (Fsp3) is 0.350. The molecule has 2 aromatic rings. The fourth-order valence-electron chi connectivity index (χ4n) is 2.48. The zero-order valence-electron chi connectivity index (χ0n) is 16.2. The average molecular weight is 393 g/mol. The Balaban J connectivity index is 2.19. The number of benzene rings is 1. The van der Waals surface area contributed by atoms with E-state index >= 15 is 0 Å². The van der Waals surface area contributed by atoms with Gasteiger partial charge in [-0.15, -0.1) is 0 Å². The summed E-state index contributed by atoms with van der Waals surface area (Å²) in [4.78, 5) is 14.2. The lowest BCUT2D eigenvalue weighted by atomic mass is 10.00. The van der Waals surface area contributed by atoms with Crippen molar-refractivity contribution in [1.82, 2.24) is 4.98 Å². The topological polar surface area (TPSA) is 56.1 Å². The second-order valence-electron chi connectivity index (χ2n) is 6.11. The van der Waals surface area contributed by atoms with Gasteiger partial charge in [0.15, 0.2) is 0 Å². The quantitative estimate of drug-likeness (QED) is 0.485. The van der Waals surface area contributed by atoms with Gasteiger partial charge in [-0.25, -0.2) is 0 Å². The van der Waals surface area contributed by atoms with Crippen molar-refractivity contribution in [3.05, 3.63) is 64.5 Å².